The van der Waals surface area contributed by atoms with Gasteiger partial charge in [-0.05, 0) is 42.2 Å². The molecular weight excluding hydrogens is 236 g/mol. The zero-order chi connectivity index (χ0) is 11.4. The van der Waals surface area contributed by atoms with Crippen molar-refractivity contribution in [1.82, 2.24) is 5.32 Å². The normalized spacial score (nSPS) is 22.6. The van der Waals surface area contributed by atoms with Crippen molar-refractivity contribution in [3.8, 4) is 0 Å². The molecule has 1 aliphatic rings. The highest BCUT2D eigenvalue weighted by Gasteiger charge is 2.16. The minimum atomic E-state index is 0.369. The van der Waals surface area contributed by atoms with Gasteiger partial charge in [-0.3, -0.25) is 4.99 Å². The van der Waals surface area contributed by atoms with Crippen molar-refractivity contribution in [2.24, 2.45) is 4.99 Å². The lowest BCUT2D eigenvalue weighted by molar-refractivity contribution is 0.622. The van der Waals surface area contributed by atoms with Gasteiger partial charge in [-0.15, -0.1) is 0 Å². The Morgan fingerprint density at radius 1 is 1.62 bits per heavy atom. The number of nitrogens with zero attached hydrogens (tertiary/aromatic N) is 1. The molecule has 0 aliphatic carbocycles. The van der Waals surface area contributed by atoms with Gasteiger partial charge in [0.05, 0.1) is 12.1 Å². The van der Waals surface area contributed by atoms with Gasteiger partial charge in [-0.2, -0.15) is 11.3 Å². The molecule has 0 fully saturated rings. The van der Waals surface area contributed by atoms with Gasteiger partial charge < -0.3 is 5.32 Å². The Hall–Kier alpha value is -0.480. The summed E-state index contributed by atoms with van der Waals surface area (Å²) >= 11 is 3.60. The minimum absolute atomic E-state index is 0.369. The van der Waals surface area contributed by atoms with E-state index in [-0.39, 0.29) is 0 Å². The summed E-state index contributed by atoms with van der Waals surface area (Å²) in [6.45, 7) is 4.41. The summed E-state index contributed by atoms with van der Waals surface area (Å²) in [5, 5.41) is 8.95. The first-order valence-corrected chi connectivity index (χ1v) is 7.71. The maximum Gasteiger partial charge on any atom is 0.157 e. The van der Waals surface area contributed by atoms with E-state index in [1.165, 1.54) is 17.7 Å². The molecule has 1 aliphatic heterocycles. The van der Waals surface area contributed by atoms with Crippen LogP contribution in [0.4, 0.5) is 0 Å². The molecule has 2 rings (SSSR count). The molecule has 0 amide bonds. The first-order valence-electron chi connectivity index (χ1n) is 5.78. The van der Waals surface area contributed by atoms with E-state index in [9.17, 15) is 0 Å². The lowest BCUT2D eigenvalue weighted by atomic mass is 10.2. The smallest absolute Gasteiger partial charge is 0.157 e. The van der Waals surface area contributed by atoms with Crippen LogP contribution in [0.2, 0.25) is 0 Å². The third kappa shape index (κ3) is 3.01. The Bertz CT molecular complexity index is 346. The number of hydrogen-bond acceptors (Lipinski definition) is 4. The second-order valence-corrected chi connectivity index (χ2v) is 5.92. The summed E-state index contributed by atoms with van der Waals surface area (Å²) in [7, 11) is 0. The summed E-state index contributed by atoms with van der Waals surface area (Å²) in [6.07, 6.45) is 2.37. The van der Waals surface area contributed by atoms with E-state index in [0.717, 1.165) is 11.6 Å². The van der Waals surface area contributed by atoms with Crippen molar-refractivity contribution in [2.45, 2.75) is 38.8 Å². The van der Waals surface area contributed by atoms with Crippen LogP contribution in [0.3, 0.4) is 0 Å². The molecule has 2 atom stereocenters. The van der Waals surface area contributed by atoms with Crippen LogP contribution in [-0.4, -0.2) is 17.0 Å². The summed E-state index contributed by atoms with van der Waals surface area (Å²) in [5.74, 6) is 1.20. The molecular formula is C12H18N2S2. The van der Waals surface area contributed by atoms with E-state index in [0.29, 0.717) is 12.1 Å². The van der Waals surface area contributed by atoms with E-state index < -0.39 is 0 Å². The van der Waals surface area contributed by atoms with Crippen molar-refractivity contribution < 1.29 is 0 Å². The van der Waals surface area contributed by atoms with E-state index in [1.54, 1.807) is 11.3 Å². The Kier molecular flexibility index (Phi) is 4.29. The zero-order valence-corrected chi connectivity index (χ0v) is 11.4. The fourth-order valence-electron chi connectivity index (χ4n) is 1.72. The quantitative estimate of drug-likeness (QED) is 0.890. The number of thioether (sulfide) groups is 1. The molecule has 2 nitrogen and oxygen atoms in total. The first-order chi connectivity index (χ1) is 7.79. The predicted molar refractivity (Wildman–Crippen MR) is 74.5 cm³/mol. The number of aliphatic imine (C=N–C) groups is 1. The summed E-state index contributed by atoms with van der Waals surface area (Å²) in [4.78, 5) is 4.72. The van der Waals surface area contributed by atoms with Crippen molar-refractivity contribution in [3.63, 3.8) is 0 Å². The monoisotopic (exact) mass is 254 g/mol. The van der Waals surface area contributed by atoms with Crippen LogP contribution >= 0.6 is 23.1 Å². The highest BCUT2D eigenvalue weighted by molar-refractivity contribution is 8.13. The highest BCUT2D eigenvalue weighted by Crippen LogP contribution is 2.22. The van der Waals surface area contributed by atoms with Crippen molar-refractivity contribution >= 4 is 28.3 Å². The Labute approximate surface area is 106 Å². The van der Waals surface area contributed by atoms with Gasteiger partial charge >= 0.3 is 0 Å². The fourth-order valence-corrected chi connectivity index (χ4v) is 3.54. The van der Waals surface area contributed by atoms with Gasteiger partial charge in [0, 0.05) is 5.75 Å². The average molecular weight is 254 g/mol. The maximum atomic E-state index is 4.72. The fraction of sp³-hybridized carbons (Fsp3) is 0.583. The molecule has 0 saturated carbocycles. The molecule has 0 radical (unpaired) electrons. The summed E-state index contributed by atoms with van der Waals surface area (Å²) < 4.78 is 0. The molecule has 16 heavy (non-hydrogen) atoms. The maximum absolute atomic E-state index is 4.72. The molecule has 0 bridgehead atoms. The first kappa shape index (κ1) is 12.0. The molecule has 2 unspecified atom stereocenters. The van der Waals surface area contributed by atoms with E-state index in [1.807, 2.05) is 11.8 Å². The van der Waals surface area contributed by atoms with Crippen LogP contribution in [0.25, 0.3) is 0 Å². The number of hydrogen-bond donors (Lipinski definition) is 1. The van der Waals surface area contributed by atoms with Gasteiger partial charge in [-0.1, -0.05) is 18.7 Å². The SMILES string of the molecule is CCC1CCSC(NC(C)c2ccsc2)=N1. The second-order valence-electron chi connectivity index (χ2n) is 4.06. The van der Waals surface area contributed by atoms with Crippen LogP contribution in [0.5, 0.6) is 0 Å². The van der Waals surface area contributed by atoms with Crippen LogP contribution in [-0.2, 0) is 0 Å². The van der Waals surface area contributed by atoms with E-state index >= 15 is 0 Å². The zero-order valence-electron chi connectivity index (χ0n) is 9.77. The number of rotatable bonds is 3. The van der Waals surface area contributed by atoms with Gasteiger partial charge in [0.25, 0.3) is 0 Å². The molecule has 88 valence electrons. The number of nitrogens with one attached hydrogen (secondary N) is 1. The van der Waals surface area contributed by atoms with Crippen molar-refractivity contribution in [3.05, 3.63) is 22.4 Å². The third-order valence-corrected chi connectivity index (χ3v) is 4.48. The lowest BCUT2D eigenvalue weighted by Crippen LogP contribution is -2.28. The molecule has 0 saturated heterocycles. The Morgan fingerprint density at radius 2 is 2.50 bits per heavy atom. The Morgan fingerprint density at radius 3 is 3.19 bits per heavy atom. The molecule has 0 aromatic carbocycles. The highest BCUT2D eigenvalue weighted by atomic mass is 32.2. The van der Waals surface area contributed by atoms with Gasteiger partial charge in [0.1, 0.15) is 0 Å². The average Bonchev–Trinajstić information content (AvgIpc) is 2.83. The predicted octanol–water partition coefficient (Wildman–Crippen LogP) is 3.67. The number of amidine groups is 1. The molecule has 0 spiro atoms. The summed E-state index contributed by atoms with van der Waals surface area (Å²) in [5.41, 5.74) is 1.35. The molecule has 1 N–H and O–H groups in total. The molecule has 1 aromatic heterocycles. The largest absolute Gasteiger partial charge is 0.358 e. The van der Waals surface area contributed by atoms with E-state index in [4.69, 9.17) is 4.99 Å². The van der Waals surface area contributed by atoms with E-state index in [2.05, 4.69) is 36.0 Å². The lowest BCUT2D eigenvalue weighted by Gasteiger charge is -2.22. The third-order valence-electron chi connectivity index (χ3n) is 2.84. The molecule has 4 heteroatoms. The molecule has 1 aromatic rings. The van der Waals surface area contributed by atoms with Gasteiger partial charge in [-0.25, -0.2) is 0 Å². The van der Waals surface area contributed by atoms with Crippen molar-refractivity contribution in [2.75, 3.05) is 5.75 Å². The summed E-state index contributed by atoms with van der Waals surface area (Å²) in [6, 6.07) is 3.07. The van der Waals surface area contributed by atoms with Gasteiger partial charge in [0.2, 0.25) is 0 Å². The standard InChI is InChI=1S/C12H18N2S2/c1-3-11-5-7-16-12(14-11)13-9(2)10-4-6-15-8-10/h4,6,8-9,11H,3,5,7H2,1-2H3,(H,13,14). The Balaban J connectivity index is 1.96. The van der Waals surface area contributed by atoms with Crippen LogP contribution in [0.1, 0.15) is 38.3 Å². The van der Waals surface area contributed by atoms with Crippen LogP contribution < -0.4 is 5.32 Å². The second kappa shape index (κ2) is 5.73. The van der Waals surface area contributed by atoms with Crippen LogP contribution in [0, 0.1) is 0 Å². The van der Waals surface area contributed by atoms with Crippen molar-refractivity contribution in [1.29, 1.82) is 0 Å². The molecule has 2 heterocycles. The topological polar surface area (TPSA) is 24.4 Å². The minimum Gasteiger partial charge on any atom is -0.358 e. The number of thiophene rings is 1. The van der Waals surface area contributed by atoms with Gasteiger partial charge in [0.15, 0.2) is 5.17 Å². The van der Waals surface area contributed by atoms with Crippen LogP contribution in [0.15, 0.2) is 21.8 Å².